The van der Waals surface area contributed by atoms with E-state index in [9.17, 15) is 4.79 Å². The fraction of sp³-hybridized carbons (Fsp3) is 0.312. The number of halogens is 1. The number of anilines is 1. The summed E-state index contributed by atoms with van der Waals surface area (Å²) in [6.45, 7) is 1.92. The topological polar surface area (TPSA) is 60.1 Å². The second kappa shape index (κ2) is 5.45. The minimum Gasteiger partial charge on any atom is -0.397 e. The molecule has 1 aromatic heterocycles. The summed E-state index contributed by atoms with van der Waals surface area (Å²) in [5.41, 5.74) is 7.98. The molecule has 1 atom stereocenters. The van der Waals surface area contributed by atoms with Gasteiger partial charge >= 0.3 is 0 Å². The number of carbonyl (C=O) groups excluding carboxylic acids is 1. The van der Waals surface area contributed by atoms with Crippen LogP contribution >= 0.6 is 11.6 Å². The van der Waals surface area contributed by atoms with Crippen LogP contribution in [0, 0.1) is 0 Å². The van der Waals surface area contributed by atoms with Crippen LogP contribution in [0.3, 0.4) is 0 Å². The third-order valence-corrected chi connectivity index (χ3v) is 4.11. The monoisotopic (exact) mass is 303 g/mol. The molecule has 21 heavy (non-hydrogen) atoms. The smallest absolute Gasteiger partial charge is 0.268 e. The molecule has 0 radical (unpaired) electrons. The minimum absolute atomic E-state index is 0.119. The molecule has 1 amide bonds. The average Bonchev–Trinajstić information content (AvgIpc) is 3.21. The van der Waals surface area contributed by atoms with Crippen LogP contribution in [0.5, 0.6) is 0 Å². The van der Waals surface area contributed by atoms with Gasteiger partial charge in [0, 0.05) is 17.3 Å². The molecular formula is C16H18ClN3O. The highest BCUT2D eigenvalue weighted by Crippen LogP contribution is 2.37. The van der Waals surface area contributed by atoms with Crippen LogP contribution in [-0.4, -0.2) is 10.5 Å². The number of benzene rings is 1. The highest BCUT2D eigenvalue weighted by atomic mass is 35.5. The standard InChI is InChI=1S/C16H18ClN3O/c1-10(13-4-2-3-5-14(13)17)19-16(21)15-8-11(18)9-20(15)12-6-7-12/h2-5,8-10,12H,6-7,18H2,1H3,(H,19,21). The first-order valence-corrected chi connectivity index (χ1v) is 7.46. The lowest BCUT2D eigenvalue weighted by molar-refractivity contribution is 0.0930. The molecule has 5 heteroatoms. The van der Waals surface area contributed by atoms with Gasteiger partial charge in [-0.05, 0) is 37.5 Å². The van der Waals surface area contributed by atoms with Crippen molar-refractivity contribution >= 4 is 23.2 Å². The van der Waals surface area contributed by atoms with Crippen molar-refractivity contribution in [1.29, 1.82) is 0 Å². The fourth-order valence-electron chi connectivity index (χ4n) is 2.51. The number of nitrogens with two attached hydrogens (primary N) is 1. The van der Waals surface area contributed by atoms with E-state index in [0.717, 1.165) is 18.4 Å². The molecule has 0 aliphatic heterocycles. The molecule has 2 aromatic rings. The van der Waals surface area contributed by atoms with Crippen molar-refractivity contribution in [3.63, 3.8) is 0 Å². The summed E-state index contributed by atoms with van der Waals surface area (Å²) in [5, 5.41) is 3.64. The normalized spacial score (nSPS) is 15.7. The number of carbonyl (C=O) groups is 1. The first-order chi connectivity index (χ1) is 10.1. The molecule has 110 valence electrons. The molecular weight excluding hydrogens is 286 g/mol. The predicted molar refractivity (Wildman–Crippen MR) is 84.4 cm³/mol. The zero-order valence-corrected chi connectivity index (χ0v) is 12.6. The van der Waals surface area contributed by atoms with Gasteiger partial charge in [0.25, 0.3) is 5.91 Å². The zero-order valence-electron chi connectivity index (χ0n) is 11.8. The number of nitrogens with zero attached hydrogens (tertiary/aromatic N) is 1. The number of amides is 1. The van der Waals surface area contributed by atoms with Gasteiger partial charge in [0.05, 0.1) is 11.7 Å². The second-order valence-electron chi connectivity index (χ2n) is 5.51. The van der Waals surface area contributed by atoms with E-state index in [1.54, 1.807) is 6.07 Å². The third kappa shape index (κ3) is 2.90. The number of nitrogen functional groups attached to an aromatic ring is 1. The molecule has 0 bridgehead atoms. The van der Waals surface area contributed by atoms with E-state index < -0.39 is 0 Å². The summed E-state index contributed by atoms with van der Waals surface area (Å²) in [6.07, 6.45) is 4.05. The maximum Gasteiger partial charge on any atom is 0.268 e. The van der Waals surface area contributed by atoms with E-state index in [1.165, 1.54) is 0 Å². The zero-order chi connectivity index (χ0) is 15.0. The maximum atomic E-state index is 12.5. The molecule has 1 heterocycles. The average molecular weight is 304 g/mol. The van der Waals surface area contributed by atoms with Crippen LogP contribution in [0.2, 0.25) is 5.02 Å². The first kappa shape index (κ1) is 14.0. The van der Waals surface area contributed by atoms with Crippen molar-refractivity contribution in [2.45, 2.75) is 31.8 Å². The molecule has 1 unspecified atom stereocenters. The molecule has 4 nitrogen and oxygen atoms in total. The molecule has 1 aliphatic rings. The summed E-state index contributed by atoms with van der Waals surface area (Å²) >= 11 is 6.17. The molecule has 1 fully saturated rings. The van der Waals surface area contributed by atoms with Crippen molar-refractivity contribution in [3.05, 3.63) is 52.8 Å². The summed E-state index contributed by atoms with van der Waals surface area (Å²) < 4.78 is 1.98. The minimum atomic E-state index is -0.157. The Hall–Kier alpha value is -1.94. The van der Waals surface area contributed by atoms with Crippen LogP contribution < -0.4 is 11.1 Å². The van der Waals surface area contributed by atoms with E-state index in [4.69, 9.17) is 17.3 Å². The summed E-state index contributed by atoms with van der Waals surface area (Å²) in [5.74, 6) is -0.119. The lowest BCUT2D eigenvalue weighted by Gasteiger charge is -2.16. The van der Waals surface area contributed by atoms with Gasteiger partial charge in [-0.15, -0.1) is 0 Å². The second-order valence-corrected chi connectivity index (χ2v) is 5.92. The Morgan fingerprint density at radius 1 is 1.43 bits per heavy atom. The molecule has 1 aromatic carbocycles. The highest BCUT2D eigenvalue weighted by molar-refractivity contribution is 6.31. The van der Waals surface area contributed by atoms with Crippen molar-refractivity contribution in [2.24, 2.45) is 0 Å². The van der Waals surface area contributed by atoms with Gasteiger partial charge in [-0.25, -0.2) is 0 Å². The number of rotatable bonds is 4. The molecule has 1 aliphatic carbocycles. The largest absolute Gasteiger partial charge is 0.397 e. The summed E-state index contributed by atoms with van der Waals surface area (Å²) in [4.78, 5) is 12.5. The van der Waals surface area contributed by atoms with Crippen LogP contribution in [0.15, 0.2) is 36.5 Å². The summed E-state index contributed by atoms with van der Waals surface area (Å²) in [7, 11) is 0. The molecule has 0 saturated heterocycles. The number of hydrogen-bond donors (Lipinski definition) is 2. The third-order valence-electron chi connectivity index (χ3n) is 3.76. The van der Waals surface area contributed by atoms with Crippen LogP contribution in [0.1, 0.15) is 47.9 Å². The Kier molecular flexibility index (Phi) is 3.64. The van der Waals surface area contributed by atoms with Crippen LogP contribution in [0.4, 0.5) is 5.69 Å². The predicted octanol–water partition coefficient (Wildman–Crippen LogP) is 3.55. The van der Waals surface area contributed by atoms with E-state index in [1.807, 2.05) is 42.0 Å². The van der Waals surface area contributed by atoms with E-state index in [0.29, 0.717) is 22.4 Å². The number of hydrogen-bond acceptors (Lipinski definition) is 2. The Morgan fingerprint density at radius 3 is 2.81 bits per heavy atom. The Morgan fingerprint density at radius 2 is 2.14 bits per heavy atom. The summed E-state index contributed by atoms with van der Waals surface area (Å²) in [6, 6.07) is 9.52. The molecule has 0 spiro atoms. The van der Waals surface area contributed by atoms with Gasteiger partial charge in [0.2, 0.25) is 0 Å². The van der Waals surface area contributed by atoms with E-state index in [-0.39, 0.29) is 11.9 Å². The number of aromatic nitrogens is 1. The SMILES string of the molecule is CC(NC(=O)c1cc(N)cn1C1CC1)c1ccccc1Cl. The number of nitrogens with one attached hydrogen (secondary N) is 1. The molecule has 3 N–H and O–H groups in total. The molecule has 1 saturated carbocycles. The fourth-order valence-corrected chi connectivity index (χ4v) is 2.81. The van der Waals surface area contributed by atoms with Gasteiger partial charge in [-0.2, -0.15) is 0 Å². The van der Waals surface area contributed by atoms with Gasteiger partial charge in [0.1, 0.15) is 5.69 Å². The Labute approximate surface area is 128 Å². The lowest BCUT2D eigenvalue weighted by Crippen LogP contribution is -2.28. The van der Waals surface area contributed by atoms with Crippen LogP contribution in [0.25, 0.3) is 0 Å². The van der Waals surface area contributed by atoms with Crippen molar-refractivity contribution in [3.8, 4) is 0 Å². The first-order valence-electron chi connectivity index (χ1n) is 7.09. The van der Waals surface area contributed by atoms with Crippen LogP contribution in [-0.2, 0) is 0 Å². The van der Waals surface area contributed by atoms with Gasteiger partial charge < -0.3 is 15.6 Å². The van der Waals surface area contributed by atoms with Gasteiger partial charge in [-0.3, -0.25) is 4.79 Å². The van der Waals surface area contributed by atoms with Gasteiger partial charge in [-0.1, -0.05) is 29.8 Å². The maximum absolute atomic E-state index is 12.5. The Bertz CT molecular complexity index is 676. The van der Waals surface area contributed by atoms with Gasteiger partial charge in [0.15, 0.2) is 0 Å². The quantitative estimate of drug-likeness (QED) is 0.907. The van der Waals surface area contributed by atoms with E-state index >= 15 is 0 Å². The lowest BCUT2D eigenvalue weighted by atomic mass is 10.1. The van der Waals surface area contributed by atoms with Crippen molar-refractivity contribution < 1.29 is 4.79 Å². The van der Waals surface area contributed by atoms with E-state index in [2.05, 4.69) is 5.32 Å². The van der Waals surface area contributed by atoms with Crippen molar-refractivity contribution in [2.75, 3.05) is 5.73 Å². The van der Waals surface area contributed by atoms with Crippen molar-refractivity contribution in [1.82, 2.24) is 9.88 Å². The highest BCUT2D eigenvalue weighted by Gasteiger charge is 2.28. The Balaban J connectivity index is 1.79. The molecule has 3 rings (SSSR count).